The number of hydrogen-bond acceptors (Lipinski definition) is 5. The average molecular weight is 340 g/mol. The molecule has 3 N–H and O–H groups in total. The molecule has 0 bridgehead atoms. The van der Waals surface area contributed by atoms with Crippen LogP contribution in [0.5, 0.6) is 0 Å². The molecule has 1 amide bonds. The Bertz CT molecular complexity index is 663. The monoisotopic (exact) mass is 340 g/mol. The highest BCUT2D eigenvalue weighted by molar-refractivity contribution is 5.64. The molecule has 0 unspecified atom stereocenters. The lowest BCUT2D eigenvalue weighted by Gasteiger charge is -2.19. The van der Waals surface area contributed by atoms with E-state index in [1.165, 1.54) is 0 Å². The number of carbonyl (C=O) groups excluding carboxylic acids is 1. The predicted octanol–water partition coefficient (Wildman–Crippen LogP) is 2.61. The molecule has 0 spiro atoms. The Morgan fingerprint density at radius 3 is 2.42 bits per heavy atom. The average Bonchev–Trinajstić information content (AvgIpc) is 2.53. The van der Waals surface area contributed by atoms with Crippen LogP contribution >= 0.6 is 0 Å². The van der Waals surface area contributed by atoms with Crippen LogP contribution in [0.4, 0.5) is 23.8 Å². The van der Waals surface area contributed by atoms with Crippen molar-refractivity contribution in [2.24, 2.45) is 5.73 Å². The molecule has 0 radical (unpaired) electrons. The lowest BCUT2D eigenvalue weighted by atomic mass is 10.1. The smallest absolute Gasteiger partial charge is 0.435 e. The zero-order valence-electron chi connectivity index (χ0n) is 12.5. The van der Waals surface area contributed by atoms with Crippen molar-refractivity contribution in [2.45, 2.75) is 18.6 Å². The number of rotatable bonds is 6. The van der Waals surface area contributed by atoms with Crippen molar-refractivity contribution in [3.63, 3.8) is 0 Å². The normalized spacial score (nSPS) is 12.5. The van der Waals surface area contributed by atoms with Crippen LogP contribution in [-0.2, 0) is 17.3 Å². The number of aromatic nitrogens is 2. The maximum absolute atomic E-state index is 12.5. The van der Waals surface area contributed by atoms with E-state index in [4.69, 9.17) is 10.5 Å². The van der Waals surface area contributed by atoms with E-state index in [0.717, 1.165) is 17.7 Å². The standard InChI is InChI=1S/C15H15F3N4O2/c16-15(17,18)12-6-7-13(22-21-12)20-11(9-24-14(19)23)8-10-4-2-1-3-5-10/h1-7,11H,8-9H2,(H2,19,23)(H,20,22)/t11-/m0/s1. The Balaban J connectivity index is 2.07. The van der Waals surface area contributed by atoms with Gasteiger partial charge in [0.2, 0.25) is 0 Å². The second kappa shape index (κ2) is 7.62. The van der Waals surface area contributed by atoms with Gasteiger partial charge in [-0.3, -0.25) is 0 Å². The van der Waals surface area contributed by atoms with Crippen molar-refractivity contribution in [1.29, 1.82) is 0 Å². The molecule has 9 heteroatoms. The van der Waals surface area contributed by atoms with Gasteiger partial charge < -0.3 is 15.8 Å². The van der Waals surface area contributed by atoms with Gasteiger partial charge in [-0.2, -0.15) is 13.2 Å². The minimum atomic E-state index is -4.55. The van der Waals surface area contributed by atoms with Crippen molar-refractivity contribution in [3.8, 4) is 0 Å². The van der Waals surface area contributed by atoms with Gasteiger partial charge in [-0.1, -0.05) is 30.3 Å². The Kier molecular flexibility index (Phi) is 5.56. The maximum atomic E-state index is 12.5. The first-order chi connectivity index (χ1) is 11.3. The van der Waals surface area contributed by atoms with E-state index in [1.54, 1.807) is 0 Å². The van der Waals surface area contributed by atoms with Crippen LogP contribution in [0.3, 0.4) is 0 Å². The number of ether oxygens (including phenoxy) is 1. The summed E-state index contributed by atoms with van der Waals surface area (Å²) in [5.74, 6) is 0.136. The molecule has 1 atom stereocenters. The SMILES string of the molecule is NC(=O)OC[C@H](Cc1ccccc1)Nc1ccc(C(F)(F)F)nn1. The summed E-state index contributed by atoms with van der Waals surface area (Å²) in [5, 5.41) is 9.52. The molecule has 1 aromatic heterocycles. The number of amides is 1. The summed E-state index contributed by atoms with van der Waals surface area (Å²) in [6, 6.07) is 10.9. The minimum absolute atomic E-state index is 0.0626. The van der Waals surface area contributed by atoms with Crippen LogP contribution in [0.25, 0.3) is 0 Å². The van der Waals surface area contributed by atoms with Gasteiger partial charge in [0.05, 0.1) is 6.04 Å². The topological polar surface area (TPSA) is 90.1 Å². The molecule has 0 saturated carbocycles. The number of nitrogens with one attached hydrogen (secondary N) is 1. The molecule has 128 valence electrons. The Hall–Kier alpha value is -2.84. The van der Waals surface area contributed by atoms with Gasteiger partial charge in [0.15, 0.2) is 5.69 Å². The second-order valence-corrected chi connectivity index (χ2v) is 4.96. The second-order valence-electron chi connectivity index (χ2n) is 4.96. The number of anilines is 1. The van der Waals surface area contributed by atoms with Crippen LogP contribution in [0.1, 0.15) is 11.3 Å². The van der Waals surface area contributed by atoms with E-state index in [1.807, 2.05) is 30.3 Å². The summed E-state index contributed by atoms with van der Waals surface area (Å²) in [4.78, 5) is 10.8. The van der Waals surface area contributed by atoms with Gasteiger partial charge in [-0.05, 0) is 24.1 Å². The van der Waals surface area contributed by atoms with Crippen LogP contribution in [-0.4, -0.2) is 28.9 Å². The molecule has 0 aliphatic carbocycles. The predicted molar refractivity (Wildman–Crippen MR) is 80.1 cm³/mol. The van der Waals surface area contributed by atoms with E-state index < -0.39 is 24.0 Å². The van der Waals surface area contributed by atoms with Crippen LogP contribution in [0.2, 0.25) is 0 Å². The minimum Gasteiger partial charge on any atom is -0.448 e. The molecule has 2 rings (SSSR count). The quantitative estimate of drug-likeness (QED) is 0.844. The van der Waals surface area contributed by atoms with Crippen LogP contribution in [0, 0.1) is 0 Å². The van der Waals surface area contributed by atoms with E-state index in [2.05, 4.69) is 15.5 Å². The van der Waals surface area contributed by atoms with Gasteiger partial charge in [0.25, 0.3) is 0 Å². The molecule has 0 saturated heterocycles. The number of nitrogens with two attached hydrogens (primary N) is 1. The van der Waals surface area contributed by atoms with E-state index >= 15 is 0 Å². The Morgan fingerprint density at radius 1 is 1.17 bits per heavy atom. The molecule has 0 fully saturated rings. The van der Waals surface area contributed by atoms with E-state index in [9.17, 15) is 18.0 Å². The fraction of sp³-hybridized carbons (Fsp3) is 0.267. The van der Waals surface area contributed by atoms with Gasteiger partial charge >= 0.3 is 12.3 Å². The summed E-state index contributed by atoms with van der Waals surface area (Å²) >= 11 is 0. The molecule has 24 heavy (non-hydrogen) atoms. The highest BCUT2D eigenvalue weighted by atomic mass is 19.4. The summed E-state index contributed by atoms with van der Waals surface area (Å²) in [7, 11) is 0. The number of halogens is 3. The highest BCUT2D eigenvalue weighted by Crippen LogP contribution is 2.27. The Labute approximate surface area is 135 Å². The zero-order chi connectivity index (χ0) is 17.6. The number of hydrogen-bond donors (Lipinski definition) is 2. The van der Waals surface area contributed by atoms with E-state index in [0.29, 0.717) is 6.42 Å². The van der Waals surface area contributed by atoms with E-state index in [-0.39, 0.29) is 12.4 Å². The van der Waals surface area contributed by atoms with Crippen molar-refractivity contribution >= 4 is 11.9 Å². The highest BCUT2D eigenvalue weighted by Gasteiger charge is 2.32. The first-order valence-corrected chi connectivity index (χ1v) is 6.98. The molecule has 1 aromatic carbocycles. The molecule has 0 aliphatic rings. The third-order valence-electron chi connectivity index (χ3n) is 3.06. The maximum Gasteiger partial charge on any atom is 0.435 e. The first-order valence-electron chi connectivity index (χ1n) is 6.98. The van der Waals surface area contributed by atoms with Crippen LogP contribution in [0.15, 0.2) is 42.5 Å². The largest absolute Gasteiger partial charge is 0.448 e. The molecule has 2 aromatic rings. The molecular formula is C15H15F3N4O2. The number of primary amides is 1. The molecule has 1 heterocycles. The molecule has 0 aliphatic heterocycles. The lowest BCUT2D eigenvalue weighted by Crippen LogP contribution is -2.31. The molecule has 6 nitrogen and oxygen atoms in total. The van der Waals surface area contributed by atoms with Gasteiger partial charge in [0.1, 0.15) is 12.4 Å². The lowest BCUT2D eigenvalue weighted by molar-refractivity contribution is -0.141. The number of nitrogens with zero attached hydrogens (tertiary/aromatic N) is 2. The van der Waals surface area contributed by atoms with Crippen molar-refractivity contribution < 1.29 is 22.7 Å². The fourth-order valence-electron chi connectivity index (χ4n) is 2.00. The van der Waals surface area contributed by atoms with Gasteiger partial charge in [0, 0.05) is 0 Å². The van der Waals surface area contributed by atoms with Gasteiger partial charge in [-0.25, -0.2) is 4.79 Å². The first kappa shape index (κ1) is 17.5. The zero-order valence-corrected chi connectivity index (χ0v) is 12.5. The fourth-order valence-corrected chi connectivity index (χ4v) is 2.00. The number of alkyl halides is 3. The third kappa shape index (κ3) is 5.41. The summed E-state index contributed by atoms with van der Waals surface area (Å²) in [5.41, 5.74) is 4.82. The van der Waals surface area contributed by atoms with Crippen LogP contribution < -0.4 is 11.1 Å². The number of carbonyl (C=O) groups is 1. The van der Waals surface area contributed by atoms with Crippen molar-refractivity contribution in [3.05, 3.63) is 53.7 Å². The summed E-state index contributed by atoms with van der Waals surface area (Å²) in [6.45, 7) is -0.0626. The third-order valence-corrected chi connectivity index (χ3v) is 3.06. The molecular weight excluding hydrogens is 325 g/mol. The van der Waals surface area contributed by atoms with Crippen molar-refractivity contribution in [2.75, 3.05) is 11.9 Å². The summed E-state index contributed by atoms with van der Waals surface area (Å²) < 4.78 is 42.2. The van der Waals surface area contributed by atoms with Crippen molar-refractivity contribution in [1.82, 2.24) is 10.2 Å². The number of benzene rings is 1. The van der Waals surface area contributed by atoms with Gasteiger partial charge in [-0.15, -0.1) is 10.2 Å². The Morgan fingerprint density at radius 2 is 1.88 bits per heavy atom. The summed E-state index contributed by atoms with van der Waals surface area (Å²) in [6.07, 6.45) is -5.03.